The molecule has 0 fully saturated rings. The van der Waals surface area contributed by atoms with E-state index in [9.17, 15) is 14.7 Å². The van der Waals surface area contributed by atoms with Gasteiger partial charge in [0.2, 0.25) is 0 Å². The molecule has 22 heavy (non-hydrogen) atoms. The fourth-order valence-corrected chi connectivity index (χ4v) is 2.06. The number of aliphatic carboxylic acids is 1. The third-order valence-electron chi connectivity index (χ3n) is 2.76. The van der Waals surface area contributed by atoms with Crippen molar-refractivity contribution in [3.63, 3.8) is 0 Å². The molecule has 0 atom stereocenters. The zero-order valence-corrected chi connectivity index (χ0v) is 13.6. The second-order valence-corrected chi connectivity index (χ2v) is 5.72. The lowest BCUT2D eigenvalue weighted by atomic mass is 10.1. The van der Waals surface area contributed by atoms with Crippen molar-refractivity contribution in [2.75, 3.05) is 5.32 Å². The molecule has 0 spiro atoms. The van der Waals surface area contributed by atoms with Gasteiger partial charge in [-0.2, -0.15) is 0 Å². The fourth-order valence-electron chi connectivity index (χ4n) is 1.67. The van der Waals surface area contributed by atoms with Gasteiger partial charge in [-0.3, -0.25) is 4.79 Å². The van der Waals surface area contributed by atoms with Crippen molar-refractivity contribution in [3.05, 3.63) is 75.4 Å². The van der Waals surface area contributed by atoms with Crippen LogP contribution in [0.5, 0.6) is 0 Å². The maximum atomic E-state index is 12.1. The van der Waals surface area contributed by atoms with E-state index in [2.05, 4.69) is 21.2 Å². The third kappa shape index (κ3) is 4.44. The fraction of sp³-hybridized carbons (Fsp3) is 0. The molecule has 0 aliphatic heterocycles. The monoisotopic (exact) mass is 379 g/mol. The van der Waals surface area contributed by atoms with Crippen molar-refractivity contribution in [2.24, 2.45) is 0 Å². The minimum absolute atomic E-state index is 0.213. The summed E-state index contributed by atoms with van der Waals surface area (Å²) in [6.07, 6.45) is 1.06. The van der Waals surface area contributed by atoms with Crippen LogP contribution in [0, 0.1) is 0 Å². The zero-order chi connectivity index (χ0) is 16.1. The predicted molar refractivity (Wildman–Crippen MR) is 89.3 cm³/mol. The summed E-state index contributed by atoms with van der Waals surface area (Å²) in [6.45, 7) is 0. The van der Waals surface area contributed by atoms with Gasteiger partial charge in [-0.15, -0.1) is 0 Å². The number of hydrogen-bond donors (Lipinski definition) is 2. The predicted octanol–water partition coefficient (Wildman–Crippen LogP) is 4.37. The van der Waals surface area contributed by atoms with Crippen LogP contribution in [0.4, 0.5) is 5.69 Å². The summed E-state index contributed by atoms with van der Waals surface area (Å²) >= 11 is 9.05. The molecule has 2 N–H and O–H groups in total. The molecular formula is C16H11BrClNO3. The molecule has 0 heterocycles. The SMILES string of the molecule is O=C(O)/C(=C\C(=O)c1ccc(Br)cc1)Nc1ccc(Cl)cc1. The summed E-state index contributed by atoms with van der Waals surface area (Å²) < 4.78 is 0.839. The molecule has 112 valence electrons. The number of hydrogen-bond acceptors (Lipinski definition) is 3. The minimum atomic E-state index is -1.22. The molecule has 6 heteroatoms. The number of carboxylic acid groups (broad SMARTS) is 1. The smallest absolute Gasteiger partial charge is 0.352 e. The number of halogens is 2. The number of rotatable bonds is 5. The van der Waals surface area contributed by atoms with Crippen LogP contribution in [0.25, 0.3) is 0 Å². The van der Waals surface area contributed by atoms with E-state index in [1.54, 1.807) is 48.5 Å². The van der Waals surface area contributed by atoms with E-state index >= 15 is 0 Å². The molecule has 0 bridgehead atoms. The first-order chi connectivity index (χ1) is 10.5. The first-order valence-corrected chi connectivity index (χ1v) is 7.40. The largest absolute Gasteiger partial charge is 0.477 e. The molecule has 0 amide bonds. The van der Waals surface area contributed by atoms with E-state index in [0.717, 1.165) is 10.5 Å². The highest BCUT2D eigenvalue weighted by Crippen LogP contribution is 2.16. The molecule has 0 aromatic heterocycles. The average molecular weight is 381 g/mol. The molecule has 0 radical (unpaired) electrons. The highest BCUT2D eigenvalue weighted by atomic mass is 79.9. The summed E-state index contributed by atoms with van der Waals surface area (Å²) in [5, 5.41) is 12.4. The Morgan fingerprint density at radius 1 is 1.05 bits per heavy atom. The van der Waals surface area contributed by atoms with Crippen LogP contribution in [0.2, 0.25) is 5.02 Å². The zero-order valence-electron chi connectivity index (χ0n) is 11.2. The van der Waals surface area contributed by atoms with E-state index in [0.29, 0.717) is 16.3 Å². The Bertz CT molecular complexity index is 724. The first kappa shape index (κ1) is 16.3. The standard InChI is InChI=1S/C16H11BrClNO3/c17-11-3-1-10(2-4-11)15(20)9-14(16(21)22)19-13-7-5-12(18)6-8-13/h1-9,19H,(H,21,22)/b14-9+. The number of nitrogens with one attached hydrogen (secondary N) is 1. The number of anilines is 1. The molecule has 0 aliphatic rings. The molecule has 0 saturated carbocycles. The Balaban J connectivity index is 2.23. The molecule has 2 rings (SSSR count). The molecule has 2 aromatic rings. The van der Waals surface area contributed by atoms with Crippen molar-refractivity contribution in [1.29, 1.82) is 0 Å². The van der Waals surface area contributed by atoms with E-state index in [-0.39, 0.29) is 5.70 Å². The Labute approximate surface area is 140 Å². The van der Waals surface area contributed by atoms with Gasteiger partial charge in [0.15, 0.2) is 5.78 Å². The van der Waals surface area contributed by atoms with Gasteiger partial charge in [-0.05, 0) is 48.5 Å². The second-order valence-electron chi connectivity index (χ2n) is 4.37. The Morgan fingerprint density at radius 3 is 2.18 bits per heavy atom. The second kappa shape index (κ2) is 7.24. The lowest BCUT2D eigenvalue weighted by molar-refractivity contribution is -0.132. The lowest BCUT2D eigenvalue weighted by Crippen LogP contribution is -2.12. The van der Waals surface area contributed by atoms with Crippen molar-refractivity contribution in [2.45, 2.75) is 0 Å². The Morgan fingerprint density at radius 2 is 1.64 bits per heavy atom. The van der Waals surface area contributed by atoms with Crippen LogP contribution < -0.4 is 5.32 Å². The van der Waals surface area contributed by atoms with Gasteiger partial charge >= 0.3 is 5.97 Å². The molecule has 2 aromatic carbocycles. The highest BCUT2D eigenvalue weighted by Gasteiger charge is 2.11. The maximum absolute atomic E-state index is 12.1. The van der Waals surface area contributed by atoms with Gasteiger partial charge in [-0.1, -0.05) is 27.5 Å². The summed E-state index contributed by atoms with van der Waals surface area (Å²) in [7, 11) is 0. The Hall–Kier alpha value is -2.11. The van der Waals surface area contributed by atoms with Crippen LogP contribution in [0.1, 0.15) is 10.4 Å². The van der Waals surface area contributed by atoms with Gasteiger partial charge in [-0.25, -0.2) is 4.79 Å². The van der Waals surface area contributed by atoms with Crippen LogP contribution in [0.3, 0.4) is 0 Å². The van der Waals surface area contributed by atoms with Gasteiger partial charge in [0, 0.05) is 26.8 Å². The van der Waals surface area contributed by atoms with Gasteiger partial charge in [0.1, 0.15) is 5.70 Å². The Kier molecular flexibility index (Phi) is 5.35. The number of ketones is 1. The minimum Gasteiger partial charge on any atom is -0.477 e. The highest BCUT2D eigenvalue weighted by molar-refractivity contribution is 9.10. The molecule has 0 aliphatic carbocycles. The molecule has 0 saturated heterocycles. The van der Waals surface area contributed by atoms with Crippen LogP contribution >= 0.6 is 27.5 Å². The third-order valence-corrected chi connectivity index (χ3v) is 3.54. The number of carboxylic acids is 1. The number of carbonyl (C=O) groups excluding carboxylic acids is 1. The summed E-state index contributed by atoms with van der Waals surface area (Å²) in [5.41, 5.74) is 0.719. The van der Waals surface area contributed by atoms with E-state index < -0.39 is 11.8 Å². The van der Waals surface area contributed by atoms with Crippen molar-refractivity contribution in [3.8, 4) is 0 Å². The number of carbonyl (C=O) groups is 2. The molecule has 0 unspecified atom stereocenters. The van der Waals surface area contributed by atoms with Crippen LogP contribution in [0.15, 0.2) is 64.8 Å². The van der Waals surface area contributed by atoms with E-state index in [1.165, 1.54) is 0 Å². The van der Waals surface area contributed by atoms with Gasteiger partial charge in [0.25, 0.3) is 0 Å². The van der Waals surface area contributed by atoms with Gasteiger partial charge < -0.3 is 10.4 Å². The van der Waals surface area contributed by atoms with Crippen molar-refractivity contribution in [1.82, 2.24) is 0 Å². The van der Waals surface area contributed by atoms with Crippen molar-refractivity contribution < 1.29 is 14.7 Å². The first-order valence-electron chi connectivity index (χ1n) is 6.23. The normalized spacial score (nSPS) is 11.1. The van der Waals surface area contributed by atoms with Crippen LogP contribution in [-0.4, -0.2) is 16.9 Å². The summed E-state index contributed by atoms with van der Waals surface area (Å²) in [5.74, 6) is -1.62. The molecular weight excluding hydrogens is 370 g/mol. The number of allylic oxidation sites excluding steroid dienone is 1. The summed E-state index contributed by atoms with van der Waals surface area (Å²) in [4.78, 5) is 23.4. The van der Waals surface area contributed by atoms with E-state index in [1.807, 2.05) is 0 Å². The average Bonchev–Trinajstić information content (AvgIpc) is 2.49. The topological polar surface area (TPSA) is 66.4 Å². The summed E-state index contributed by atoms with van der Waals surface area (Å²) in [6, 6.07) is 13.2. The number of benzene rings is 2. The maximum Gasteiger partial charge on any atom is 0.352 e. The molecule has 4 nitrogen and oxygen atoms in total. The van der Waals surface area contributed by atoms with Crippen LogP contribution in [-0.2, 0) is 4.79 Å². The van der Waals surface area contributed by atoms with Gasteiger partial charge in [0.05, 0.1) is 0 Å². The van der Waals surface area contributed by atoms with E-state index in [4.69, 9.17) is 11.6 Å². The lowest BCUT2D eigenvalue weighted by Gasteiger charge is -2.07. The quantitative estimate of drug-likeness (QED) is 0.597. The van der Waals surface area contributed by atoms with Crippen molar-refractivity contribution >= 4 is 45.0 Å².